The molecule has 0 fully saturated rings. The number of ether oxygens (including phenoxy) is 2. The first-order chi connectivity index (χ1) is 8.83. The number of benzene rings is 1. The zero-order valence-electron chi connectivity index (χ0n) is 10.8. The summed E-state index contributed by atoms with van der Waals surface area (Å²) in [6.45, 7) is 1.90. The van der Waals surface area contributed by atoms with Crippen LogP contribution in [0.1, 0.15) is 18.4 Å². The van der Waals surface area contributed by atoms with Crippen LogP contribution >= 0.6 is 0 Å². The molecule has 0 bridgehead atoms. The van der Waals surface area contributed by atoms with E-state index in [1.807, 2.05) is 12.1 Å². The monoisotopic (exact) mass is 251 g/mol. The average Bonchev–Trinajstić information content (AvgIpc) is 2.42. The van der Waals surface area contributed by atoms with Crippen molar-refractivity contribution in [3.8, 4) is 11.5 Å². The summed E-state index contributed by atoms with van der Waals surface area (Å²) in [5.74, 6) is 1.78. The van der Waals surface area contributed by atoms with Crippen LogP contribution in [0.5, 0.6) is 11.5 Å². The predicted octanol–water partition coefficient (Wildman–Crippen LogP) is 1.36. The van der Waals surface area contributed by atoms with Gasteiger partial charge in [0.15, 0.2) is 0 Å². The van der Waals surface area contributed by atoms with Crippen molar-refractivity contribution in [1.82, 2.24) is 5.32 Å². The summed E-state index contributed by atoms with van der Waals surface area (Å²) >= 11 is 0. The lowest BCUT2D eigenvalue weighted by Crippen LogP contribution is -2.34. The van der Waals surface area contributed by atoms with Crippen molar-refractivity contribution in [2.75, 3.05) is 26.8 Å². The Kier molecular flexibility index (Phi) is 4.84. The zero-order chi connectivity index (χ0) is 12.8. The van der Waals surface area contributed by atoms with Crippen LogP contribution in [0.15, 0.2) is 18.2 Å². The average molecular weight is 251 g/mol. The minimum atomic E-state index is 0.211. The van der Waals surface area contributed by atoms with Crippen LogP contribution in [0.25, 0.3) is 0 Å². The van der Waals surface area contributed by atoms with Gasteiger partial charge in [-0.25, -0.2) is 0 Å². The highest BCUT2D eigenvalue weighted by atomic mass is 16.5. The first-order valence-electron chi connectivity index (χ1n) is 6.48. The number of aliphatic hydroxyl groups is 1. The second kappa shape index (κ2) is 6.61. The molecule has 4 heteroatoms. The summed E-state index contributed by atoms with van der Waals surface area (Å²) in [5, 5.41) is 12.0. The van der Waals surface area contributed by atoms with Gasteiger partial charge in [0.05, 0.1) is 7.11 Å². The molecule has 100 valence electrons. The molecule has 2 N–H and O–H groups in total. The van der Waals surface area contributed by atoms with Gasteiger partial charge in [0, 0.05) is 19.2 Å². The van der Waals surface area contributed by atoms with Gasteiger partial charge in [0.2, 0.25) is 0 Å². The van der Waals surface area contributed by atoms with Gasteiger partial charge in [0.25, 0.3) is 0 Å². The van der Waals surface area contributed by atoms with Gasteiger partial charge in [-0.3, -0.25) is 0 Å². The van der Waals surface area contributed by atoms with Gasteiger partial charge < -0.3 is 19.9 Å². The van der Waals surface area contributed by atoms with Crippen molar-refractivity contribution < 1.29 is 14.6 Å². The summed E-state index contributed by atoms with van der Waals surface area (Å²) in [7, 11) is 1.67. The van der Waals surface area contributed by atoms with Crippen LogP contribution in [0.3, 0.4) is 0 Å². The van der Waals surface area contributed by atoms with E-state index in [4.69, 9.17) is 14.6 Å². The van der Waals surface area contributed by atoms with Crippen molar-refractivity contribution in [2.45, 2.75) is 25.4 Å². The van der Waals surface area contributed by atoms with Gasteiger partial charge in [-0.1, -0.05) is 6.07 Å². The van der Waals surface area contributed by atoms with E-state index in [1.54, 1.807) is 7.11 Å². The van der Waals surface area contributed by atoms with E-state index in [0.29, 0.717) is 0 Å². The number of hydrogen-bond donors (Lipinski definition) is 2. The number of hydrogen-bond acceptors (Lipinski definition) is 4. The van der Waals surface area contributed by atoms with Crippen LogP contribution < -0.4 is 14.8 Å². The normalized spacial score (nSPS) is 18.0. The van der Waals surface area contributed by atoms with Crippen molar-refractivity contribution in [2.24, 2.45) is 0 Å². The molecule has 1 aliphatic rings. The Morgan fingerprint density at radius 1 is 1.50 bits per heavy atom. The Labute approximate surface area is 108 Å². The molecule has 2 rings (SSSR count). The fourth-order valence-corrected chi connectivity index (χ4v) is 2.14. The molecule has 1 heterocycles. The molecule has 1 aliphatic heterocycles. The summed E-state index contributed by atoms with van der Waals surface area (Å²) in [6, 6.07) is 6.00. The number of methoxy groups -OCH3 is 1. The predicted molar refractivity (Wildman–Crippen MR) is 70.3 cm³/mol. The number of aryl methyl sites for hydroxylation is 1. The van der Waals surface area contributed by atoms with Crippen molar-refractivity contribution in [3.63, 3.8) is 0 Å². The van der Waals surface area contributed by atoms with E-state index in [1.165, 1.54) is 5.56 Å². The Balaban J connectivity index is 1.88. The lowest BCUT2D eigenvalue weighted by atomic mass is 10.0. The van der Waals surface area contributed by atoms with Gasteiger partial charge in [-0.15, -0.1) is 0 Å². The molecule has 1 aromatic rings. The standard InChI is InChI=1S/C14H21NO3/c1-17-12-5-3-11-4-6-13(18-14(11)9-12)10-15-7-2-8-16/h3,5,9,13,15-16H,2,4,6-8,10H2,1H3/t13-/m1/s1. The highest BCUT2D eigenvalue weighted by molar-refractivity contribution is 5.42. The van der Waals surface area contributed by atoms with Crippen molar-refractivity contribution >= 4 is 0 Å². The Bertz CT molecular complexity index is 381. The van der Waals surface area contributed by atoms with Gasteiger partial charge >= 0.3 is 0 Å². The molecule has 1 aromatic carbocycles. The molecule has 0 aliphatic carbocycles. The minimum absolute atomic E-state index is 0.211. The Hall–Kier alpha value is -1.26. The Morgan fingerprint density at radius 2 is 2.39 bits per heavy atom. The molecular weight excluding hydrogens is 230 g/mol. The van der Waals surface area contributed by atoms with Gasteiger partial charge in [-0.05, 0) is 37.4 Å². The second-order valence-electron chi connectivity index (χ2n) is 4.53. The summed E-state index contributed by atoms with van der Waals surface area (Å²) < 4.78 is 11.2. The highest BCUT2D eigenvalue weighted by Gasteiger charge is 2.19. The maximum atomic E-state index is 8.71. The van der Waals surface area contributed by atoms with Gasteiger partial charge in [0.1, 0.15) is 17.6 Å². The molecular formula is C14H21NO3. The van der Waals surface area contributed by atoms with Crippen LogP contribution in [0.2, 0.25) is 0 Å². The van der Waals surface area contributed by atoms with Crippen molar-refractivity contribution in [1.29, 1.82) is 0 Å². The third kappa shape index (κ3) is 3.37. The SMILES string of the molecule is COc1ccc2c(c1)O[C@@H](CNCCCO)CC2. The fourth-order valence-electron chi connectivity index (χ4n) is 2.14. The minimum Gasteiger partial charge on any atom is -0.497 e. The smallest absolute Gasteiger partial charge is 0.126 e. The van der Waals surface area contributed by atoms with Crippen LogP contribution in [0.4, 0.5) is 0 Å². The number of rotatable bonds is 6. The van der Waals surface area contributed by atoms with Crippen molar-refractivity contribution in [3.05, 3.63) is 23.8 Å². The molecule has 18 heavy (non-hydrogen) atoms. The topological polar surface area (TPSA) is 50.7 Å². The quantitative estimate of drug-likeness (QED) is 0.750. The summed E-state index contributed by atoms with van der Waals surface area (Å²) in [6.07, 6.45) is 3.08. The molecule has 0 spiro atoms. The third-order valence-electron chi connectivity index (χ3n) is 3.19. The van der Waals surface area contributed by atoms with Crippen LogP contribution in [-0.4, -0.2) is 38.0 Å². The maximum absolute atomic E-state index is 8.71. The summed E-state index contributed by atoms with van der Waals surface area (Å²) in [4.78, 5) is 0. The van der Waals surface area contributed by atoms with E-state index in [0.717, 1.165) is 43.9 Å². The number of aliphatic hydroxyl groups excluding tert-OH is 1. The van der Waals surface area contributed by atoms with E-state index in [-0.39, 0.29) is 12.7 Å². The highest BCUT2D eigenvalue weighted by Crippen LogP contribution is 2.30. The molecule has 0 aromatic heterocycles. The molecule has 0 saturated heterocycles. The van der Waals surface area contributed by atoms with Crippen LogP contribution in [0, 0.1) is 0 Å². The van der Waals surface area contributed by atoms with E-state index >= 15 is 0 Å². The number of nitrogens with one attached hydrogen (secondary N) is 1. The van der Waals surface area contributed by atoms with E-state index in [2.05, 4.69) is 11.4 Å². The Morgan fingerprint density at radius 3 is 3.17 bits per heavy atom. The largest absolute Gasteiger partial charge is 0.497 e. The van der Waals surface area contributed by atoms with Crippen LogP contribution in [-0.2, 0) is 6.42 Å². The maximum Gasteiger partial charge on any atom is 0.126 e. The first-order valence-corrected chi connectivity index (χ1v) is 6.48. The van der Waals surface area contributed by atoms with E-state index in [9.17, 15) is 0 Å². The molecule has 4 nitrogen and oxygen atoms in total. The third-order valence-corrected chi connectivity index (χ3v) is 3.19. The lowest BCUT2D eigenvalue weighted by Gasteiger charge is -2.26. The molecule has 0 amide bonds. The molecule has 0 radical (unpaired) electrons. The number of fused-ring (bicyclic) bond motifs is 1. The lowest BCUT2D eigenvalue weighted by molar-refractivity contribution is 0.168. The zero-order valence-corrected chi connectivity index (χ0v) is 10.8. The molecule has 0 unspecified atom stereocenters. The molecule has 1 atom stereocenters. The second-order valence-corrected chi connectivity index (χ2v) is 4.53. The summed E-state index contributed by atoms with van der Waals surface area (Å²) in [5.41, 5.74) is 1.25. The van der Waals surface area contributed by atoms with Gasteiger partial charge in [-0.2, -0.15) is 0 Å². The van der Waals surface area contributed by atoms with E-state index < -0.39 is 0 Å². The fraction of sp³-hybridized carbons (Fsp3) is 0.571. The molecule has 0 saturated carbocycles. The first kappa shape index (κ1) is 13.2.